The normalized spacial score (nSPS) is 10.3. The quantitative estimate of drug-likeness (QED) is 0.523. The lowest BCUT2D eigenvalue weighted by molar-refractivity contribution is 0.494. The van der Waals surface area contributed by atoms with Gasteiger partial charge in [0.15, 0.2) is 3.95 Å². The summed E-state index contributed by atoms with van der Waals surface area (Å²) < 4.78 is 0.685. The van der Waals surface area contributed by atoms with Gasteiger partial charge in [-0.3, -0.25) is 10.5 Å². The number of H-pyrrole nitrogens is 1. The summed E-state index contributed by atoms with van der Waals surface area (Å²) in [4.78, 5) is 0. The molecule has 1 aromatic rings. The molecule has 0 fully saturated rings. The van der Waals surface area contributed by atoms with E-state index in [0.29, 0.717) is 3.95 Å². The van der Waals surface area contributed by atoms with Crippen LogP contribution in [0.15, 0.2) is 0 Å². The zero-order valence-corrected chi connectivity index (χ0v) is 7.34. The Morgan fingerprint density at radius 3 is 2.80 bits per heavy atom. The number of anilines is 1. The van der Waals surface area contributed by atoms with Gasteiger partial charge >= 0.3 is 0 Å². The van der Waals surface area contributed by atoms with E-state index in [-0.39, 0.29) is 0 Å². The predicted octanol–water partition coefficient (Wildman–Crippen LogP) is 1.09. The van der Waals surface area contributed by atoms with E-state index in [4.69, 9.17) is 12.2 Å². The fraction of sp³-hybridized carbons (Fsp3) is 0.500. The van der Waals surface area contributed by atoms with Gasteiger partial charge in [-0.05, 0) is 12.2 Å². The molecule has 4 nitrogen and oxygen atoms in total. The van der Waals surface area contributed by atoms with Crippen molar-refractivity contribution in [3.8, 4) is 0 Å². The van der Waals surface area contributed by atoms with E-state index >= 15 is 0 Å². The first-order valence-corrected chi connectivity index (χ1v) is 3.90. The third-order valence-electron chi connectivity index (χ3n) is 0.757. The highest BCUT2D eigenvalue weighted by atomic mass is 32.1. The molecule has 0 atom stereocenters. The zero-order chi connectivity index (χ0) is 7.56. The first-order chi connectivity index (χ1) is 4.68. The molecule has 0 saturated heterocycles. The molecule has 0 bridgehead atoms. The van der Waals surface area contributed by atoms with Gasteiger partial charge in [-0.25, -0.2) is 5.01 Å². The molecule has 0 aliphatic rings. The largest absolute Gasteiger partial charge is 0.294 e. The Kier molecular flexibility index (Phi) is 2.36. The Morgan fingerprint density at radius 2 is 2.40 bits per heavy atom. The van der Waals surface area contributed by atoms with Crippen molar-refractivity contribution in [3.63, 3.8) is 0 Å². The highest BCUT2D eigenvalue weighted by Gasteiger charge is 1.94. The molecular weight excluding hydrogens is 168 g/mol. The Labute approximate surface area is 67.8 Å². The zero-order valence-electron chi connectivity index (χ0n) is 5.71. The predicted molar refractivity (Wildman–Crippen MR) is 44.6 cm³/mol. The van der Waals surface area contributed by atoms with Crippen LogP contribution in [0.1, 0.15) is 0 Å². The van der Waals surface area contributed by atoms with E-state index in [1.54, 1.807) is 5.01 Å². The molecule has 0 saturated carbocycles. The van der Waals surface area contributed by atoms with Gasteiger partial charge < -0.3 is 0 Å². The lowest BCUT2D eigenvalue weighted by Crippen LogP contribution is -2.19. The second-order valence-electron chi connectivity index (χ2n) is 1.92. The first kappa shape index (κ1) is 7.64. The van der Waals surface area contributed by atoms with Crippen LogP contribution < -0.4 is 5.43 Å². The van der Waals surface area contributed by atoms with Gasteiger partial charge in [-0.1, -0.05) is 11.3 Å². The standard InChI is InChI=1S/C4H8N4S2/c1-8(2)7-3-5-6-4(9)10-3/h1-2H3,(H,5,7)(H,6,9). The summed E-state index contributed by atoms with van der Waals surface area (Å²) in [5.74, 6) is 0. The summed E-state index contributed by atoms with van der Waals surface area (Å²) in [6, 6.07) is 0. The topological polar surface area (TPSA) is 44.0 Å². The van der Waals surface area contributed by atoms with Gasteiger partial charge in [0.2, 0.25) is 5.13 Å². The van der Waals surface area contributed by atoms with Gasteiger partial charge in [-0.2, -0.15) is 0 Å². The molecule has 0 radical (unpaired) electrons. The van der Waals surface area contributed by atoms with E-state index in [1.807, 2.05) is 14.1 Å². The van der Waals surface area contributed by atoms with Crippen LogP contribution in [0.25, 0.3) is 0 Å². The van der Waals surface area contributed by atoms with E-state index in [9.17, 15) is 0 Å². The molecule has 1 aromatic heterocycles. The maximum absolute atomic E-state index is 4.83. The van der Waals surface area contributed by atoms with Crippen LogP contribution in [0.5, 0.6) is 0 Å². The number of hydrazine groups is 1. The smallest absolute Gasteiger partial charge is 0.218 e. The van der Waals surface area contributed by atoms with E-state index < -0.39 is 0 Å². The number of hydrogen-bond acceptors (Lipinski definition) is 5. The summed E-state index contributed by atoms with van der Waals surface area (Å²) in [6.07, 6.45) is 0. The summed E-state index contributed by atoms with van der Waals surface area (Å²) in [5, 5.41) is 9.15. The summed E-state index contributed by atoms with van der Waals surface area (Å²) in [7, 11) is 3.79. The maximum Gasteiger partial charge on any atom is 0.218 e. The lowest BCUT2D eigenvalue weighted by atomic mass is 11.1. The van der Waals surface area contributed by atoms with E-state index in [1.165, 1.54) is 11.3 Å². The van der Waals surface area contributed by atoms with Crippen LogP contribution in [0.2, 0.25) is 0 Å². The van der Waals surface area contributed by atoms with E-state index in [2.05, 4.69) is 15.6 Å². The second kappa shape index (κ2) is 3.09. The summed E-state index contributed by atoms with van der Waals surface area (Å²) in [5.41, 5.74) is 2.97. The van der Waals surface area contributed by atoms with Crippen molar-refractivity contribution in [3.05, 3.63) is 3.95 Å². The lowest BCUT2D eigenvalue weighted by Gasteiger charge is -2.08. The number of aromatic nitrogens is 2. The molecule has 56 valence electrons. The van der Waals surface area contributed by atoms with Crippen LogP contribution in [0, 0.1) is 3.95 Å². The SMILES string of the molecule is CN(C)Nc1n[nH]c(=S)s1. The van der Waals surface area contributed by atoms with Gasteiger partial charge in [0.05, 0.1) is 0 Å². The van der Waals surface area contributed by atoms with Gasteiger partial charge in [0.1, 0.15) is 0 Å². The van der Waals surface area contributed by atoms with Crippen LogP contribution in [-0.2, 0) is 0 Å². The first-order valence-electron chi connectivity index (χ1n) is 2.68. The summed E-state index contributed by atoms with van der Waals surface area (Å²) >= 11 is 6.24. The highest BCUT2D eigenvalue weighted by Crippen LogP contribution is 2.09. The molecule has 0 spiro atoms. The molecular formula is C4H8N4S2. The van der Waals surface area contributed by atoms with Crippen LogP contribution in [0.4, 0.5) is 5.13 Å². The van der Waals surface area contributed by atoms with Crippen molar-refractivity contribution in [1.29, 1.82) is 0 Å². The molecule has 0 aliphatic heterocycles. The number of aromatic amines is 1. The molecule has 10 heavy (non-hydrogen) atoms. The minimum atomic E-state index is 0.685. The van der Waals surface area contributed by atoms with Crippen molar-refractivity contribution < 1.29 is 0 Å². The third-order valence-corrected chi connectivity index (χ3v) is 1.75. The van der Waals surface area contributed by atoms with Crippen LogP contribution >= 0.6 is 23.6 Å². The molecule has 6 heteroatoms. The molecule has 1 heterocycles. The van der Waals surface area contributed by atoms with E-state index in [0.717, 1.165) is 5.13 Å². The Hall–Kier alpha value is -0.460. The monoisotopic (exact) mass is 176 g/mol. The van der Waals surface area contributed by atoms with Gasteiger partial charge in [0, 0.05) is 14.1 Å². The van der Waals surface area contributed by atoms with Gasteiger partial charge in [0.25, 0.3) is 0 Å². The van der Waals surface area contributed by atoms with Crippen LogP contribution in [0.3, 0.4) is 0 Å². The van der Waals surface area contributed by atoms with Crippen LogP contribution in [-0.4, -0.2) is 29.3 Å². The number of hydrogen-bond donors (Lipinski definition) is 2. The molecule has 2 N–H and O–H groups in total. The fourth-order valence-corrected chi connectivity index (χ4v) is 1.34. The maximum atomic E-state index is 4.83. The minimum absolute atomic E-state index is 0.685. The fourth-order valence-electron chi connectivity index (χ4n) is 0.469. The van der Waals surface area contributed by atoms with Crippen molar-refractivity contribution in [2.75, 3.05) is 19.5 Å². The number of rotatable bonds is 2. The second-order valence-corrected chi connectivity index (χ2v) is 3.59. The Morgan fingerprint density at radius 1 is 1.70 bits per heavy atom. The molecule has 1 rings (SSSR count). The molecule has 0 aromatic carbocycles. The summed E-state index contributed by atoms with van der Waals surface area (Å²) in [6.45, 7) is 0. The van der Waals surface area contributed by atoms with Gasteiger partial charge in [-0.15, -0.1) is 5.10 Å². The number of nitrogens with zero attached hydrogens (tertiary/aromatic N) is 2. The molecule has 0 aliphatic carbocycles. The highest BCUT2D eigenvalue weighted by molar-refractivity contribution is 7.73. The Balaban J connectivity index is 2.67. The van der Waals surface area contributed by atoms with Crippen molar-refractivity contribution >= 4 is 28.7 Å². The molecule has 0 unspecified atom stereocenters. The molecule has 0 amide bonds. The third kappa shape index (κ3) is 2.05. The van der Waals surface area contributed by atoms with Crippen molar-refractivity contribution in [2.45, 2.75) is 0 Å². The Bertz CT molecular complexity index is 250. The number of nitrogens with one attached hydrogen (secondary N) is 2. The van der Waals surface area contributed by atoms with Crippen molar-refractivity contribution in [1.82, 2.24) is 15.2 Å². The average Bonchev–Trinajstić information content (AvgIpc) is 2.13. The average molecular weight is 176 g/mol. The minimum Gasteiger partial charge on any atom is -0.294 e. The van der Waals surface area contributed by atoms with Crippen molar-refractivity contribution in [2.24, 2.45) is 0 Å².